The molecule has 0 amide bonds. The Balaban J connectivity index is 2.22. The Kier molecular flexibility index (Phi) is 3.15. The molecular weight excluding hydrogens is 203 g/mol. The van der Waals surface area contributed by atoms with Gasteiger partial charge in [-0.25, -0.2) is 4.39 Å². The summed E-state index contributed by atoms with van der Waals surface area (Å²) in [5.74, 6) is -0.177. The predicted molar refractivity (Wildman–Crippen MR) is 61.6 cm³/mol. The molecule has 0 aliphatic rings. The summed E-state index contributed by atoms with van der Waals surface area (Å²) in [7, 11) is 0. The lowest BCUT2D eigenvalue weighted by Gasteiger charge is -2.05. The van der Waals surface area contributed by atoms with Gasteiger partial charge in [0, 0.05) is 12.4 Å². The second kappa shape index (κ2) is 4.75. The third-order valence-electron chi connectivity index (χ3n) is 2.38. The van der Waals surface area contributed by atoms with Crippen LogP contribution in [0, 0.1) is 5.82 Å². The normalized spacial score (nSPS) is 10.3. The molecule has 3 heteroatoms. The van der Waals surface area contributed by atoms with E-state index in [1.54, 1.807) is 18.3 Å². The van der Waals surface area contributed by atoms with Crippen molar-refractivity contribution < 1.29 is 4.39 Å². The lowest BCUT2D eigenvalue weighted by Crippen LogP contribution is -2.01. The van der Waals surface area contributed by atoms with Crippen LogP contribution in [-0.2, 0) is 13.0 Å². The van der Waals surface area contributed by atoms with Gasteiger partial charge in [0.15, 0.2) is 0 Å². The van der Waals surface area contributed by atoms with E-state index in [2.05, 4.69) is 11.7 Å². The molecular formula is C13H13FN2. The van der Waals surface area contributed by atoms with Crippen LogP contribution in [-0.4, -0.2) is 9.78 Å². The van der Waals surface area contributed by atoms with Crippen molar-refractivity contribution in [3.63, 3.8) is 0 Å². The minimum atomic E-state index is -0.177. The second-order valence-corrected chi connectivity index (χ2v) is 3.62. The summed E-state index contributed by atoms with van der Waals surface area (Å²) < 4.78 is 15.2. The largest absolute Gasteiger partial charge is 0.268 e. The fourth-order valence-corrected chi connectivity index (χ4v) is 1.62. The minimum absolute atomic E-state index is 0.177. The molecule has 0 atom stereocenters. The molecule has 0 aliphatic carbocycles. The fourth-order valence-electron chi connectivity index (χ4n) is 1.62. The molecule has 1 heterocycles. The van der Waals surface area contributed by atoms with Crippen LogP contribution in [0.5, 0.6) is 0 Å². The van der Waals surface area contributed by atoms with E-state index in [9.17, 15) is 4.39 Å². The van der Waals surface area contributed by atoms with Gasteiger partial charge in [0.1, 0.15) is 5.82 Å². The summed E-state index contributed by atoms with van der Waals surface area (Å²) >= 11 is 0. The molecule has 2 aromatic rings. The highest BCUT2D eigenvalue weighted by molar-refractivity contribution is 5.26. The van der Waals surface area contributed by atoms with Gasteiger partial charge in [0.2, 0.25) is 0 Å². The summed E-state index contributed by atoms with van der Waals surface area (Å²) in [6.07, 6.45) is 5.87. The average Bonchev–Trinajstić information content (AvgIpc) is 2.76. The number of nitrogens with zero attached hydrogens (tertiary/aromatic N) is 2. The van der Waals surface area contributed by atoms with Crippen LogP contribution in [0.25, 0.3) is 0 Å². The van der Waals surface area contributed by atoms with Gasteiger partial charge < -0.3 is 0 Å². The second-order valence-electron chi connectivity index (χ2n) is 3.62. The number of allylic oxidation sites excluding steroid dienone is 1. The van der Waals surface area contributed by atoms with Crippen LogP contribution in [0.3, 0.4) is 0 Å². The van der Waals surface area contributed by atoms with E-state index in [0.717, 1.165) is 5.56 Å². The highest BCUT2D eigenvalue weighted by Gasteiger charge is 2.02. The molecule has 0 N–H and O–H groups in total. The van der Waals surface area contributed by atoms with Crippen molar-refractivity contribution in [2.75, 3.05) is 0 Å². The molecule has 1 aromatic carbocycles. The summed E-state index contributed by atoms with van der Waals surface area (Å²) in [6.45, 7) is 4.28. The predicted octanol–water partition coefficient (Wildman–Crippen LogP) is 2.80. The first-order valence-electron chi connectivity index (χ1n) is 5.15. The van der Waals surface area contributed by atoms with Crippen LogP contribution < -0.4 is 0 Å². The van der Waals surface area contributed by atoms with E-state index in [1.165, 1.54) is 6.07 Å². The standard InChI is InChI=1S/C13H13FN2/c1-2-4-12-9-11(5-6-13(12)14)10-16-8-3-7-15-16/h2-3,5-9H,1,4,10H2. The SMILES string of the molecule is C=CCc1cc(Cn2cccn2)ccc1F. The van der Waals surface area contributed by atoms with Gasteiger partial charge in [-0.05, 0) is 29.7 Å². The van der Waals surface area contributed by atoms with Crippen molar-refractivity contribution in [2.24, 2.45) is 0 Å². The van der Waals surface area contributed by atoms with Crippen LogP contribution in [0.15, 0.2) is 49.3 Å². The van der Waals surface area contributed by atoms with Gasteiger partial charge >= 0.3 is 0 Å². The molecule has 16 heavy (non-hydrogen) atoms. The van der Waals surface area contributed by atoms with Gasteiger partial charge in [-0.3, -0.25) is 4.68 Å². The van der Waals surface area contributed by atoms with E-state index < -0.39 is 0 Å². The van der Waals surface area contributed by atoms with E-state index in [4.69, 9.17) is 0 Å². The number of hydrogen-bond donors (Lipinski definition) is 0. The lowest BCUT2D eigenvalue weighted by molar-refractivity contribution is 0.611. The number of hydrogen-bond acceptors (Lipinski definition) is 1. The molecule has 82 valence electrons. The van der Waals surface area contributed by atoms with E-state index >= 15 is 0 Å². The number of aromatic nitrogens is 2. The van der Waals surface area contributed by atoms with Gasteiger partial charge in [-0.15, -0.1) is 6.58 Å². The van der Waals surface area contributed by atoms with Gasteiger partial charge in [-0.1, -0.05) is 18.2 Å². The van der Waals surface area contributed by atoms with Crippen molar-refractivity contribution >= 4 is 0 Å². The van der Waals surface area contributed by atoms with Crippen molar-refractivity contribution in [3.8, 4) is 0 Å². The van der Waals surface area contributed by atoms with E-state index in [0.29, 0.717) is 18.5 Å². The van der Waals surface area contributed by atoms with Gasteiger partial charge in [-0.2, -0.15) is 5.10 Å². The molecule has 2 rings (SSSR count). The Morgan fingerprint density at radius 2 is 2.31 bits per heavy atom. The highest BCUT2D eigenvalue weighted by atomic mass is 19.1. The Hall–Kier alpha value is -1.90. The van der Waals surface area contributed by atoms with Crippen molar-refractivity contribution in [1.82, 2.24) is 9.78 Å². The zero-order chi connectivity index (χ0) is 11.4. The van der Waals surface area contributed by atoms with Crippen molar-refractivity contribution in [3.05, 3.63) is 66.3 Å². The molecule has 0 bridgehead atoms. The highest BCUT2D eigenvalue weighted by Crippen LogP contribution is 2.12. The molecule has 0 unspecified atom stereocenters. The monoisotopic (exact) mass is 216 g/mol. The molecule has 1 aromatic heterocycles. The third kappa shape index (κ3) is 2.37. The molecule has 0 radical (unpaired) electrons. The zero-order valence-electron chi connectivity index (χ0n) is 8.94. The number of benzene rings is 1. The zero-order valence-corrected chi connectivity index (χ0v) is 8.94. The first-order valence-corrected chi connectivity index (χ1v) is 5.15. The minimum Gasteiger partial charge on any atom is -0.268 e. The molecule has 0 aliphatic heterocycles. The molecule has 2 nitrogen and oxygen atoms in total. The van der Waals surface area contributed by atoms with Crippen molar-refractivity contribution in [2.45, 2.75) is 13.0 Å². The third-order valence-corrected chi connectivity index (χ3v) is 2.38. The number of rotatable bonds is 4. The molecule has 0 fully saturated rings. The van der Waals surface area contributed by atoms with Crippen LogP contribution in [0.1, 0.15) is 11.1 Å². The van der Waals surface area contributed by atoms with E-state index in [-0.39, 0.29) is 5.82 Å². The summed E-state index contributed by atoms with van der Waals surface area (Å²) in [5, 5.41) is 4.11. The van der Waals surface area contributed by atoms with Gasteiger partial charge in [0.25, 0.3) is 0 Å². The van der Waals surface area contributed by atoms with Crippen LogP contribution in [0.2, 0.25) is 0 Å². The smallest absolute Gasteiger partial charge is 0.126 e. The first kappa shape index (κ1) is 10.6. The fraction of sp³-hybridized carbons (Fsp3) is 0.154. The Morgan fingerprint density at radius 3 is 3.00 bits per heavy atom. The van der Waals surface area contributed by atoms with Gasteiger partial charge in [0.05, 0.1) is 6.54 Å². The molecule has 0 saturated heterocycles. The summed E-state index contributed by atoms with van der Waals surface area (Å²) in [4.78, 5) is 0. The first-order chi connectivity index (χ1) is 7.79. The average molecular weight is 216 g/mol. The van der Waals surface area contributed by atoms with Crippen LogP contribution in [0.4, 0.5) is 4.39 Å². The number of halogens is 1. The summed E-state index contributed by atoms with van der Waals surface area (Å²) in [5.41, 5.74) is 1.72. The van der Waals surface area contributed by atoms with Crippen molar-refractivity contribution in [1.29, 1.82) is 0 Å². The maximum absolute atomic E-state index is 13.4. The summed E-state index contributed by atoms with van der Waals surface area (Å²) in [6, 6.07) is 7.01. The quantitative estimate of drug-likeness (QED) is 0.718. The molecule has 0 saturated carbocycles. The Morgan fingerprint density at radius 1 is 1.44 bits per heavy atom. The maximum Gasteiger partial charge on any atom is 0.126 e. The Labute approximate surface area is 94.0 Å². The van der Waals surface area contributed by atoms with Crippen LogP contribution >= 0.6 is 0 Å². The lowest BCUT2D eigenvalue weighted by atomic mass is 10.1. The topological polar surface area (TPSA) is 17.8 Å². The molecule has 0 spiro atoms. The Bertz CT molecular complexity index is 475. The van der Waals surface area contributed by atoms with E-state index in [1.807, 2.05) is 23.0 Å². The maximum atomic E-state index is 13.4.